The molecule has 0 bridgehead atoms. The van der Waals surface area contributed by atoms with Gasteiger partial charge in [0, 0.05) is 34.9 Å². The topological polar surface area (TPSA) is 68.2 Å². The maximum absolute atomic E-state index is 11.3. The third-order valence-corrected chi connectivity index (χ3v) is 4.05. The van der Waals surface area contributed by atoms with Crippen molar-refractivity contribution in [2.45, 2.75) is 19.4 Å². The number of rotatable bonds is 4. The molecule has 0 radical (unpaired) electrons. The van der Waals surface area contributed by atoms with Gasteiger partial charge in [-0.25, -0.2) is 0 Å². The molecule has 1 aromatic heterocycles. The molecule has 3 rings (SSSR count). The highest BCUT2D eigenvalue weighted by Crippen LogP contribution is 2.31. The lowest BCUT2D eigenvalue weighted by atomic mass is 9.97. The van der Waals surface area contributed by atoms with Gasteiger partial charge in [-0.15, -0.1) is 0 Å². The Morgan fingerprint density at radius 3 is 2.57 bits per heavy atom. The van der Waals surface area contributed by atoms with Crippen molar-refractivity contribution < 1.29 is 9.90 Å². The average molecular weight is 282 g/mol. The van der Waals surface area contributed by atoms with Crippen LogP contribution in [0.25, 0.3) is 21.8 Å². The summed E-state index contributed by atoms with van der Waals surface area (Å²) in [5.41, 5.74) is 8.67. The molecule has 3 aromatic rings. The summed E-state index contributed by atoms with van der Waals surface area (Å²) >= 11 is 0. The van der Waals surface area contributed by atoms with E-state index in [0.717, 1.165) is 28.4 Å². The first-order valence-electron chi connectivity index (χ1n) is 7.11. The highest BCUT2D eigenvalue weighted by Gasteiger charge is 2.19. The fourth-order valence-corrected chi connectivity index (χ4v) is 3.01. The second kappa shape index (κ2) is 5.22. The SMILES string of the molecule is CCn1c2ccccc2c2cc(C(CN)C(=O)O)ccc21. The number of aliphatic carboxylic acids is 1. The van der Waals surface area contributed by atoms with E-state index in [4.69, 9.17) is 5.73 Å². The number of carboxylic acids is 1. The lowest BCUT2D eigenvalue weighted by molar-refractivity contribution is -0.138. The molecule has 21 heavy (non-hydrogen) atoms. The third-order valence-electron chi connectivity index (χ3n) is 4.05. The van der Waals surface area contributed by atoms with Crippen LogP contribution in [0.5, 0.6) is 0 Å². The van der Waals surface area contributed by atoms with Crippen LogP contribution < -0.4 is 5.73 Å². The second-order valence-electron chi connectivity index (χ2n) is 5.16. The zero-order valence-electron chi connectivity index (χ0n) is 11.9. The summed E-state index contributed by atoms with van der Waals surface area (Å²) in [7, 11) is 0. The van der Waals surface area contributed by atoms with Gasteiger partial charge in [-0.2, -0.15) is 0 Å². The van der Waals surface area contributed by atoms with E-state index < -0.39 is 11.9 Å². The number of nitrogens with zero attached hydrogens (tertiary/aromatic N) is 1. The molecule has 0 fully saturated rings. The van der Waals surface area contributed by atoms with Gasteiger partial charge in [-0.1, -0.05) is 24.3 Å². The predicted molar refractivity (Wildman–Crippen MR) is 84.5 cm³/mol. The molecule has 4 heteroatoms. The second-order valence-corrected chi connectivity index (χ2v) is 5.16. The van der Waals surface area contributed by atoms with Gasteiger partial charge in [0.25, 0.3) is 0 Å². The largest absolute Gasteiger partial charge is 0.481 e. The van der Waals surface area contributed by atoms with Crippen LogP contribution in [0.15, 0.2) is 42.5 Å². The van der Waals surface area contributed by atoms with Crippen molar-refractivity contribution in [2.75, 3.05) is 6.54 Å². The third kappa shape index (κ3) is 2.08. The molecule has 1 heterocycles. The fourth-order valence-electron chi connectivity index (χ4n) is 3.01. The average Bonchev–Trinajstić information content (AvgIpc) is 2.81. The number of hydrogen-bond acceptors (Lipinski definition) is 2. The quantitative estimate of drug-likeness (QED) is 0.773. The van der Waals surface area contributed by atoms with Gasteiger partial charge in [0.2, 0.25) is 0 Å². The van der Waals surface area contributed by atoms with E-state index in [1.54, 1.807) is 0 Å². The first kappa shape index (κ1) is 13.6. The number of nitrogens with two attached hydrogens (primary N) is 1. The van der Waals surface area contributed by atoms with Crippen LogP contribution in [0.1, 0.15) is 18.4 Å². The maximum Gasteiger partial charge on any atom is 0.312 e. The number of carboxylic acid groups (broad SMARTS) is 1. The van der Waals surface area contributed by atoms with Crippen LogP contribution >= 0.6 is 0 Å². The normalized spacial score (nSPS) is 12.9. The zero-order chi connectivity index (χ0) is 15.0. The van der Waals surface area contributed by atoms with Crippen molar-refractivity contribution >= 4 is 27.8 Å². The lowest BCUT2D eigenvalue weighted by Crippen LogP contribution is -2.20. The van der Waals surface area contributed by atoms with E-state index in [1.807, 2.05) is 30.3 Å². The molecule has 1 atom stereocenters. The molecule has 0 amide bonds. The molecule has 108 valence electrons. The van der Waals surface area contributed by atoms with Crippen molar-refractivity contribution in [2.24, 2.45) is 5.73 Å². The van der Waals surface area contributed by atoms with Crippen molar-refractivity contribution in [3.05, 3.63) is 48.0 Å². The lowest BCUT2D eigenvalue weighted by Gasteiger charge is -2.10. The minimum absolute atomic E-state index is 0.104. The Bertz CT molecular complexity index is 820. The molecule has 4 nitrogen and oxygen atoms in total. The van der Waals surface area contributed by atoms with Gasteiger partial charge >= 0.3 is 5.97 Å². The Kier molecular flexibility index (Phi) is 3.39. The van der Waals surface area contributed by atoms with Gasteiger partial charge in [0.1, 0.15) is 0 Å². The Balaban J connectivity index is 2.31. The fraction of sp³-hybridized carbons (Fsp3) is 0.235. The molecule has 1 unspecified atom stereocenters. The van der Waals surface area contributed by atoms with Crippen LogP contribution in [0, 0.1) is 0 Å². The Morgan fingerprint density at radius 2 is 1.90 bits per heavy atom. The number of aromatic nitrogens is 1. The molecule has 2 aromatic carbocycles. The van der Waals surface area contributed by atoms with E-state index in [1.165, 1.54) is 5.52 Å². The first-order valence-corrected chi connectivity index (χ1v) is 7.11. The molecule has 0 aliphatic heterocycles. The summed E-state index contributed by atoms with van der Waals surface area (Å²) in [6.07, 6.45) is 0. The smallest absolute Gasteiger partial charge is 0.312 e. The van der Waals surface area contributed by atoms with Crippen LogP contribution in [0.3, 0.4) is 0 Å². The van der Waals surface area contributed by atoms with Crippen molar-refractivity contribution in [1.29, 1.82) is 0 Å². The van der Waals surface area contributed by atoms with Gasteiger partial charge in [0.15, 0.2) is 0 Å². The summed E-state index contributed by atoms with van der Waals surface area (Å²) in [5, 5.41) is 11.5. The van der Waals surface area contributed by atoms with Gasteiger partial charge in [0.05, 0.1) is 5.92 Å². The van der Waals surface area contributed by atoms with Gasteiger partial charge < -0.3 is 15.4 Å². The van der Waals surface area contributed by atoms with Crippen LogP contribution in [0.2, 0.25) is 0 Å². The number of carbonyl (C=O) groups is 1. The summed E-state index contributed by atoms with van der Waals surface area (Å²) < 4.78 is 2.24. The monoisotopic (exact) mass is 282 g/mol. The molecule has 0 aliphatic carbocycles. The number of aryl methyl sites for hydroxylation is 1. The van der Waals surface area contributed by atoms with Gasteiger partial charge in [-0.05, 0) is 30.7 Å². The van der Waals surface area contributed by atoms with E-state index >= 15 is 0 Å². The van der Waals surface area contributed by atoms with Crippen molar-refractivity contribution in [3.8, 4) is 0 Å². The molecule has 0 spiro atoms. The predicted octanol–water partition coefficient (Wildman–Crippen LogP) is 2.94. The Labute approximate surface area is 122 Å². The van der Waals surface area contributed by atoms with E-state index in [0.29, 0.717) is 0 Å². The first-order chi connectivity index (χ1) is 10.2. The number of hydrogen-bond donors (Lipinski definition) is 2. The van der Waals surface area contributed by atoms with Crippen molar-refractivity contribution in [3.63, 3.8) is 0 Å². The van der Waals surface area contributed by atoms with Crippen molar-refractivity contribution in [1.82, 2.24) is 4.57 Å². The summed E-state index contributed by atoms with van der Waals surface area (Å²) in [5.74, 6) is -1.53. The van der Waals surface area contributed by atoms with Crippen LogP contribution in [-0.4, -0.2) is 22.2 Å². The Hall–Kier alpha value is -2.33. The van der Waals surface area contributed by atoms with Gasteiger partial charge in [-0.3, -0.25) is 4.79 Å². The molecule has 0 saturated heterocycles. The minimum Gasteiger partial charge on any atom is -0.481 e. The molecule has 0 aliphatic rings. The highest BCUT2D eigenvalue weighted by molar-refractivity contribution is 6.08. The van der Waals surface area contributed by atoms with Crippen LogP contribution in [0.4, 0.5) is 0 Å². The number of fused-ring (bicyclic) bond motifs is 3. The minimum atomic E-state index is -0.879. The summed E-state index contributed by atoms with van der Waals surface area (Å²) in [4.78, 5) is 11.3. The maximum atomic E-state index is 11.3. The summed E-state index contributed by atoms with van der Waals surface area (Å²) in [6, 6.07) is 14.0. The van der Waals surface area contributed by atoms with E-state index in [9.17, 15) is 9.90 Å². The molecular weight excluding hydrogens is 264 g/mol. The summed E-state index contributed by atoms with van der Waals surface area (Å²) in [6.45, 7) is 3.09. The molecular formula is C17H18N2O2. The molecule has 3 N–H and O–H groups in total. The number of para-hydroxylation sites is 1. The Morgan fingerprint density at radius 1 is 1.19 bits per heavy atom. The number of benzene rings is 2. The van der Waals surface area contributed by atoms with Crippen LogP contribution in [-0.2, 0) is 11.3 Å². The van der Waals surface area contributed by atoms with E-state index in [2.05, 4.69) is 23.6 Å². The molecule has 0 saturated carbocycles. The standard InChI is InChI=1S/C17H18N2O2/c1-2-19-15-6-4-3-5-12(15)13-9-11(7-8-16(13)19)14(10-18)17(20)21/h3-9,14H,2,10,18H2,1H3,(H,20,21). The zero-order valence-corrected chi connectivity index (χ0v) is 11.9. The van der Waals surface area contributed by atoms with E-state index in [-0.39, 0.29) is 6.54 Å². The highest BCUT2D eigenvalue weighted by atomic mass is 16.4.